The van der Waals surface area contributed by atoms with Crippen LogP contribution >= 0.6 is 0 Å². The molecule has 4 rings (SSSR count). The maximum atomic E-state index is 13.8. The van der Waals surface area contributed by atoms with E-state index in [4.69, 9.17) is 0 Å². The van der Waals surface area contributed by atoms with Crippen LogP contribution in [-0.2, 0) is 22.6 Å². The van der Waals surface area contributed by atoms with Crippen molar-refractivity contribution in [2.45, 2.75) is 58.9 Å². The molecule has 0 saturated heterocycles. The number of aromatic nitrogens is 1. The molecule has 2 aromatic carbocycles. The molecule has 1 fully saturated rings. The predicted octanol–water partition coefficient (Wildman–Crippen LogP) is 5.87. The Labute approximate surface area is 228 Å². The third kappa shape index (κ3) is 7.18. The molecule has 2 amide bonds. The lowest BCUT2D eigenvalue weighted by molar-refractivity contribution is -0.144. The molecule has 1 N–H and O–H groups in total. The Kier molecular flexibility index (Phi) is 9.48. The molecule has 6 nitrogen and oxygen atoms in total. The minimum atomic E-state index is 0.0198. The summed E-state index contributed by atoms with van der Waals surface area (Å²) in [6.45, 7) is 6.14. The minimum Gasteiger partial charge on any atom is -0.378 e. The van der Waals surface area contributed by atoms with E-state index in [1.165, 1.54) is 17.4 Å². The molecule has 1 heterocycles. The summed E-state index contributed by atoms with van der Waals surface area (Å²) in [6, 6.07) is 16.7. The maximum absolute atomic E-state index is 13.8. The molecule has 1 aliphatic rings. The summed E-state index contributed by atoms with van der Waals surface area (Å²) in [5.41, 5.74) is 4.54. The first-order valence-electron chi connectivity index (χ1n) is 14.2. The van der Waals surface area contributed by atoms with Crippen LogP contribution in [0.25, 0.3) is 10.9 Å². The smallest absolute Gasteiger partial charge is 0.242 e. The summed E-state index contributed by atoms with van der Waals surface area (Å²) >= 11 is 0. The summed E-state index contributed by atoms with van der Waals surface area (Å²) in [6.07, 6.45) is 8.14. The standard InChI is InChI=1S/C32H44N4O2/c1-24(2)21-36(32(38)26-10-6-5-7-11-26)23-31(37)35(22-25-14-16-28(17-15-25)34(3)4)19-18-27-20-33-30-13-9-8-12-29(27)30/h8-9,12-17,20,24,26,33H,5-7,10-11,18-19,21-23H2,1-4H3. The molecule has 204 valence electrons. The Morgan fingerprint density at radius 1 is 0.947 bits per heavy atom. The maximum Gasteiger partial charge on any atom is 0.242 e. The second kappa shape index (κ2) is 13.0. The number of anilines is 1. The molecule has 38 heavy (non-hydrogen) atoms. The first kappa shape index (κ1) is 27.7. The number of rotatable bonds is 11. The van der Waals surface area contributed by atoms with Gasteiger partial charge in [-0.1, -0.05) is 63.4 Å². The van der Waals surface area contributed by atoms with Gasteiger partial charge in [0.15, 0.2) is 0 Å². The number of carbonyl (C=O) groups is 2. The van der Waals surface area contributed by atoms with E-state index in [0.717, 1.165) is 48.9 Å². The fourth-order valence-corrected chi connectivity index (χ4v) is 5.55. The molecule has 3 aromatic rings. The third-order valence-corrected chi connectivity index (χ3v) is 7.68. The van der Waals surface area contributed by atoms with E-state index < -0.39 is 0 Å². The summed E-state index contributed by atoms with van der Waals surface area (Å²) in [5, 5.41) is 1.20. The van der Waals surface area contributed by atoms with Gasteiger partial charge in [-0.05, 0) is 54.5 Å². The van der Waals surface area contributed by atoms with E-state index in [2.05, 4.69) is 72.4 Å². The molecule has 1 aromatic heterocycles. The second-order valence-corrected chi connectivity index (χ2v) is 11.4. The largest absolute Gasteiger partial charge is 0.378 e. The Morgan fingerprint density at radius 2 is 1.66 bits per heavy atom. The number of fused-ring (bicyclic) bond motifs is 1. The first-order chi connectivity index (χ1) is 18.3. The fraction of sp³-hybridized carbons (Fsp3) is 0.500. The van der Waals surface area contributed by atoms with Crippen molar-refractivity contribution in [3.63, 3.8) is 0 Å². The molecule has 0 bridgehead atoms. The monoisotopic (exact) mass is 516 g/mol. The van der Waals surface area contributed by atoms with E-state index in [-0.39, 0.29) is 24.3 Å². The van der Waals surface area contributed by atoms with Gasteiger partial charge in [-0.2, -0.15) is 0 Å². The topological polar surface area (TPSA) is 59.7 Å². The van der Waals surface area contributed by atoms with Crippen molar-refractivity contribution >= 4 is 28.4 Å². The fourth-order valence-electron chi connectivity index (χ4n) is 5.55. The van der Waals surface area contributed by atoms with Gasteiger partial charge >= 0.3 is 0 Å². The number of amides is 2. The number of hydrogen-bond donors (Lipinski definition) is 1. The Hall–Kier alpha value is -3.28. The number of para-hydroxylation sites is 1. The molecule has 6 heteroatoms. The number of carbonyl (C=O) groups excluding carboxylic acids is 2. The molecule has 0 aliphatic heterocycles. The Bertz CT molecular complexity index is 1190. The van der Waals surface area contributed by atoms with Crippen LogP contribution in [0, 0.1) is 11.8 Å². The lowest BCUT2D eigenvalue weighted by Crippen LogP contribution is -2.46. The van der Waals surface area contributed by atoms with Crippen molar-refractivity contribution in [2.75, 3.05) is 38.6 Å². The van der Waals surface area contributed by atoms with Gasteiger partial charge in [-0.3, -0.25) is 9.59 Å². The SMILES string of the molecule is CC(C)CN(CC(=O)N(CCc1c[nH]c2ccccc12)Cc1ccc(N(C)C)cc1)C(=O)C1CCCCC1. The number of aromatic amines is 1. The molecule has 0 spiro atoms. The normalized spacial score (nSPS) is 14.1. The van der Waals surface area contributed by atoms with Gasteiger partial charge in [0, 0.05) is 62.4 Å². The van der Waals surface area contributed by atoms with Crippen molar-refractivity contribution in [1.82, 2.24) is 14.8 Å². The van der Waals surface area contributed by atoms with Gasteiger partial charge in [0.1, 0.15) is 0 Å². The van der Waals surface area contributed by atoms with E-state index in [0.29, 0.717) is 25.6 Å². The highest BCUT2D eigenvalue weighted by Gasteiger charge is 2.29. The van der Waals surface area contributed by atoms with Crippen LogP contribution in [0.3, 0.4) is 0 Å². The van der Waals surface area contributed by atoms with Gasteiger partial charge in [-0.15, -0.1) is 0 Å². The highest BCUT2D eigenvalue weighted by Crippen LogP contribution is 2.26. The lowest BCUT2D eigenvalue weighted by Gasteiger charge is -2.32. The molecule has 1 aliphatic carbocycles. The van der Waals surface area contributed by atoms with Crippen molar-refractivity contribution in [2.24, 2.45) is 11.8 Å². The minimum absolute atomic E-state index is 0.0198. The third-order valence-electron chi connectivity index (χ3n) is 7.68. The van der Waals surface area contributed by atoms with Crippen LogP contribution in [0.4, 0.5) is 5.69 Å². The number of benzene rings is 2. The summed E-state index contributed by atoms with van der Waals surface area (Å²) < 4.78 is 0. The number of nitrogens with one attached hydrogen (secondary N) is 1. The second-order valence-electron chi connectivity index (χ2n) is 11.4. The lowest BCUT2D eigenvalue weighted by atomic mass is 9.88. The van der Waals surface area contributed by atoms with Gasteiger partial charge in [0.05, 0.1) is 6.54 Å². The van der Waals surface area contributed by atoms with Crippen molar-refractivity contribution in [3.8, 4) is 0 Å². The van der Waals surface area contributed by atoms with Crippen LogP contribution in [0.2, 0.25) is 0 Å². The molecular formula is C32H44N4O2. The predicted molar refractivity (Wildman–Crippen MR) is 156 cm³/mol. The van der Waals surface area contributed by atoms with Crippen molar-refractivity contribution in [3.05, 3.63) is 65.9 Å². The van der Waals surface area contributed by atoms with E-state index in [1.807, 2.05) is 30.0 Å². The molecular weight excluding hydrogens is 472 g/mol. The molecule has 0 unspecified atom stereocenters. The Balaban J connectivity index is 1.52. The van der Waals surface area contributed by atoms with Crippen LogP contribution < -0.4 is 4.90 Å². The van der Waals surface area contributed by atoms with Crippen molar-refractivity contribution < 1.29 is 9.59 Å². The zero-order chi connectivity index (χ0) is 27.1. The van der Waals surface area contributed by atoms with E-state index in [9.17, 15) is 9.59 Å². The van der Waals surface area contributed by atoms with Crippen LogP contribution in [0.1, 0.15) is 57.1 Å². The zero-order valence-corrected chi connectivity index (χ0v) is 23.6. The van der Waals surface area contributed by atoms with Crippen molar-refractivity contribution in [1.29, 1.82) is 0 Å². The first-order valence-corrected chi connectivity index (χ1v) is 14.2. The van der Waals surface area contributed by atoms with E-state index >= 15 is 0 Å². The average Bonchev–Trinajstić information content (AvgIpc) is 3.33. The molecule has 1 saturated carbocycles. The highest BCUT2D eigenvalue weighted by atomic mass is 16.2. The van der Waals surface area contributed by atoms with Gasteiger partial charge in [-0.25, -0.2) is 0 Å². The zero-order valence-electron chi connectivity index (χ0n) is 23.6. The number of hydrogen-bond acceptors (Lipinski definition) is 3. The Morgan fingerprint density at radius 3 is 2.34 bits per heavy atom. The molecule has 0 radical (unpaired) electrons. The quantitative estimate of drug-likeness (QED) is 0.347. The van der Waals surface area contributed by atoms with Crippen LogP contribution in [0.5, 0.6) is 0 Å². The average molecular weight is 517 g/mol. The van der Waals surface area contributed by atoms with Gasteiger partial charge in [0.2, 0.25) is 11.8 Å². The number of H-pyrrole nitrogens is 1. The van der Waals surface area contributed by atoms with Gasteiger partial charge in [0.25, 0.3) is 0 Å². The van der Waals surface area contributed by atoms with Crippen LogP contribution in [0.15, 0.2) is 54.7 Å². The summed E-state index contributed by atoms with van der Waals surface area (Å²) in [5.74, 6) is 0.562. The van der Waals surface area contributed by atoms with E-state index in [1.54, 1.807) is 0 Å². The number of nitrogens with zero attached hydrogens (tertiary/aromatic N) is 3. The highest BCUT2D eigenvalue weighted by molar-refractivity contribution is 5.86. The van der Waals surface area contributed by atoms with Gasteiger partial charge < -0.3 is 19.7 Å². The summed E-state index contributed by atoms with van der Waals surface area (Å²) in [7, 11) is 4.05. The summed E-state index contributed by atoms with van der Waals surface area (Å²) in [4.78, 5) is 36.5. The molecule has 0 atom stereocenters. The van der Waals surface area contributed by atoms with Crippen LogP contribution in [-0.4, -0.2) is 60.3 Å².